The number of hydrogen-bond acceptors (Lipinski definition) is 4. The molecule has 1 N–H and O–H groups in total. The second kappa shape index (κ2) is 6.89. The van der Waals surface area contributed by atoms with Gasteiger partial charge in [-0.15, -0.1) is 0 Å². The van der Waals surface area contributed by atoms with Gasteiger partial charge in [-0.1, -0.05) is 29.3 Å². The minimum absolute atomic E-state index is 0.0261. The number of sulfonamides is 2. The Hall–Kier alpha value is -1.32. The standard InChI is InChI=1S/C14H14Cl2N2O4S2/c1-18(2)24(21,22)12-5-3-4-10(8-12)17-23(19,20)11-6-7-13(15)14(16)9-11/h3-9,17H,1-2H3. The fraction of sp³-hybridized carbons (Fsp3) is 0.143. The van der Waals surface area contributed by atoms with E-state index < -0.39 is 20.0 Å². The predicted octanol–water partition coefficient (Wildman–Crippen LogP) is 3.04. The van der Waals surface area contributed by atoms with Crippen molar-refractivity contribution in [2.45, 2.75) is 9.79 Å². The molecule has 0 saturated carbocycles. The summed E-state index contributed by atoms with van der Waals surface area (Å²) in [6.07, 6.45) is 0. The Labute approximate surface area is 151 Å². The third-order valence-electron chi connectivity index (χ3n) is 3.07. The first kappa shape index (κ1) is 19.0. The highest BCUT2D eigenvalue weighted by Crippen LogP contribution is 2.26. The topological polar surface area (TPSA) is 83.6 Å². The number of rotatable bonds is 5. The summed E-state index contributed by atoms with van der Waals surface area (Å²) in [7, 11) is -4.83. The summed E-state index contributed by atoms with van der Waals surface area (Å²) in [6, 6.07) is 9.40. The van der Waals surface area contributed by atoms with Crippen LogP contribution in [0.15, 0.2) is 52.3 Å². The summed E-state index contributed by atoms with van der Waals surface area (Å²) in [6.45, 7) is 0. The van der Waals surface area contributed by atoms with Crippen molar-refractivity contribution < 1.29 is 16.8 Å². The largest absolute Gasteiger partial charge is 0.280 e. The van der Waals surface area contributed by atoms with E-state index in [0.717, 1.165) is 4.31 Å². The number of halogens is 2. The average molecular weight is 409 g/mol. The van der Waals surface area contributed by atoms with E-state index in [0.29, 0.717) is 0 Å². The molecule has 0 amide bonds. The molecule has 0 aliphatic heterocycles. The van der Waals surface area contributed by atoms with Gasteiger partial charge in [0.2, 0.25) is 10.0 Å². The highest BCUT2D eigenvalue weighted by atomic mass is 35.5. The fourth-order valence-electron chi connectivity index (χ4n) is 1.79. The van der Waals surface area contributed by atoms with E-state index in [4.69, 9.17) is 23.2 Å². The maximum atomic E-state index is 12.4. The van der Waals surface area contributed by atoms with Crippen LogP contribution in [0.2, 0.25) is 10.0 Å². The summed E-state index contributed by atoms with van der Waals surface area (Å²) >= 11 is 11.6. The highest BCUT2D eigenvalue weighted by molar-refractivity contribution is 7.92. The normalized spacial score (nSPS) is 12.4. The molecule has 24 heavy (non-hydrogen) atoms. The molecule has 6 nitrogen and oxygen atoms in total. The summed E-state index contributed by atoms with van der Waals surface area (Å²) in [4.78, 5) is -0.111. The maximum Gasteiger partial charge on any atom is 0.261 e. The van der Waals surface area contributed by atoms with Crippen LogP contribution in [-0.4, -0.2) is 35.2 Å². The molecule has 0 aliphatic rings. The van der Waals surface area contributed by atoms with Gasteiger partial charge < -0.3 is 0 Å². The van der Waals surface area contributed by atoms with Gasteiger partial charge in [-0.05, 0) is 36.4 Å². The smallest absolute Gasteiger partial charge is 0.261 e. The maximum absolute atomic E-state index is 12.4. The van der Waals surface area contributed by atoms with Crippen LogP contribution in [0.5, 0.6) is 0 Å². The molecule has 0 fully saturated rings. The number of nitrogens with zero attached hydrogens (tertiary/aromatic N) is 1. The Balaban J connectivity index is 2.39. The van der Waals surface area contributed by atoms with E-state index in [-0.39, 0.29) is 25.5 Å². The van der Waals surface area contributed by atoms with Gasteiger partial charge in [-0.3, -0.25) is 4.72 Å². The van der Waals surface area contributed by atoms with Crippen LogP contribution in [0.4, 0.5) is 5.69 Å². The Morgan fingerprint density at radius 1 is 0.875 bits per heavy atom. The SMILES string of the molecule is CN(C)S(=O)(=O)c1cccc(NS(=O)(=O)c2ccc(Cl)c(Cl)c2)c1. The van der Waals surface area contributed by atoms with Gasteiger partial charge in [0, 0.05) is 14.1 Å². The van der Waals surface area contributed by atoms with E-state index >= 15 is 0 Å². The lowest BCUT2D eigenvalue weighted by molar-refractivity contribution is 0.521. The van der Waals surface area contributed by atoms with Crippen LogP contribution in [0.1, 0.15) is 0 Å². The van der Waals surface area contributed by atoms with Gasteiger partial charge in [0.15, 0.2) is 0 Å². The molecule has 2 rings (SSSR count). The lowest BCUT2D eigenvalue weighted by Crippen LogP contribution is -2.22. The van der Waals surface area contributed by atoms with Crippen molar-refractivity contribution in [1.29, 1.82) is 0 Å². The van der Waals surface area contributed by atoms with Crippen molar-refractivity contribution in [2.75, 3.05) is 18.8 Å². The molecule has 0 bridgehead atoms. The third-order valence-corrected chi connectivity index (χ3v) is 7.00. The van der Waals surface area contributed by atoms with Crippen LogP contribution in [0.25, 0.3) is 0 Å². The minimum Gasteiger partial charge on any atom is -0.280 e. The molecule has 0 atom stereocenters. The molecule has 0 saturated heterocycles. The van der Waals surface area contributed by atoms with Crippen LogP contribution in [0, 0.1) is 0 Å². The molecular formula is C14H14Cl2N2O4S2. The zero-order valence-corrected chi connectivity index (χ0v) is 15.8. The number of anilines is 1. The quantitative estimate of drug-likeness (QED) is 0.823. The molecule has 2 aromatic rings. The van der Waals surface area contributed by atoms with E-state index in [2.05, 4.69) is 4.72 Å². The van der Waals surface area contributed by atoms with E-state index in [1.165, 1.54) is 56.6 Å². The molecule has 0 radical (unpaired) electrons. The second-order valence-electron chi connectivity index (χ2n) is 5.00. The van der Waals surface area contributed by atoms with Crippen molar-refractivity contribution >= 4 is 48.9 Å². The van der Waals surface area contributed by atoms with Gasteiger partial charge in [0.05, 0.1) is 25.5 Å². The lowest BCUT2D eigenvalue weighted by atomic mass is 10.3. The van der Waals surface area contributed by atoms with E-state index in [9.17, 15) is 16.8 Å². The Bertz CT molecular complexity index is 974. The van der Waals surface area contributed by atoms with Crippen molar-refractivity contribution in [1.82, 2.24) is 4.31 Å². The second-order valence-corrected chi connectivity index (χ2v) is 9.65. The number of benzene rings is 2. The zero-order valence-electron chi connectivity index (χ0n) is 12.7. The van der Waals surface area contributed by atoms with E-state index in [1.807, 2.05) is 0 Å². The predicted molar refractivity (Wildman–Crippen MR) is 94.6 cm³/mol. The number of hydrogen-bond donors (Lipinski definition) is 1. The summed E-state index contributed by atoms with van der Waals surface area (Å²) in [5, 5.41) is 0.332. The summed E-state index contributed by atoms with van der Waals surface area (Å²) < 4.78 is 52.4. The lowest BCUT2D eigenvalue weighted by Gasteiger charge is -2.13. The third kappa shape index (κ3) is 4.01. The molecular weight excluding hydrogens is 395 g/mol. The molecule has 0 aromatic heterocycles. The van der Waals surface area contributed by atoms with Crippen LogP contribution < -0.4 is 4.72 Å². The van der Waals surface area contributed by atoms with Gasteiger partial charge in [0.25, 0.3) is 10.0 Å². The fourth-order valence-corrected chi connectivity index (χ4v) is 4.18. The monoisotopic (exact) mass is 408 g/mol. The Morgan fingerprint density at radius 2 is 1.54 bits per heavy atom. The molecule has 10 heteroatoms. The minimum atomic E-state index is -3.94. The highest BCUT2D eigenvalue weighted by Gasteiger charge is 2.20. The Morgan fingerprint density at radius 3 is 2.12 bits per heavy atom. The Kier molecular flexibility index (Phi) is 5.46. The molecule has 2 aromatic carbocycles. The molecule has 0 aliphatic carbocycles. The zero-order chi connectivity index (χ0) is 18.1. The van der Waals surface area contributed by atoms with Crippen molar-refractivity contribution in [3.63, 3.8) is 0 Å². The first-order chi connectivity index (χ1) is 11.0. The molecule has 130 valence electrons. The van der Waals surface area contributed by atoms with Crippen molar-refractivity contribution in [3.8, 4) is 0 Å². The van der Waals surface area contributed by atoms with E-state index in [1.54, 1.807) is 0 Å². The summed E-state index contributed by atoms with van der Waals surface area (Å²) in [5.74, 6) is 0. The van der Waals surface area contributed by atoms with Crippen molar-refractivity contribution in [2.24, 2.45) is 0 Å². The number of nitrogens with one attached hydrogen (secondary N) is 1. The van der Waals surface area contributed by atoms with Crippen molar-refractivity contribution in [3.05, 3.63) is 52.5 Å². The van der Waals surface area contributed by atoms with Gasteiger partial charge in [-0.25, -0.2) is 21.1 Å². The van der Waals surface area contributed by atoms with Crippen LogP contribution in [-0.2, 0) is 20.0 Å². The first-order valence-electron chi connectivity index (χ1n) is 6.54. The van der Waals surface area contributed by atoms with Gasteiger partial charge in [0.1, 0.15) is 0 Å². The average Bonchev–Trinajstić information content (AvgIpc) is 2.49. The van der Waals surface area contributed by atoms with Crippen LogP contribution in [0.3, 0.4) is 0 Å². The molecule has 0 unspecified atom stereocenters. The van der Waals surface area contributed by atoms with Gasteiger partial charge in [-0.2, -0.15) is 0 Å². The molecule has 0 spiro atoms. The first-order valence-corrected chi connectivity index (χ1v) is 10.2. The summed E-state index contributed by atoms with van der Waals surface area (Å²) in [5.41, 5.74) is 0.115. The van der Waals surface area contributed by atoms with Gasteiger partial charge >= 0.3 is 0 Å². The van der Waals surface area contributed by atoms with Crippen LogP contribution >= 0.6 is 23.2 Å². The molecule has 0 heterocycles.